The summed E-state index contributed by atoms with van der Waals surface area (Å²) in [6.07, 6.45) is 6.39. The Bertz CT molecular complexity index is 5680. The molecule has 1 atom stereocenters. The Balaban J connectivity index is 0.000000143. The van der Waals surface area contributed by atoms with Crippen molar-refractivity contribution in [2.45, 2.75) is 131 Å². The zero-order chi connectivity index (χ0) is 88.0. The van der Waals surface area contributed by atoms with Gasteiger partial charge in [-0.2, -0.15) is 0 Å². The maximum absolute atomic E-state index is 12.6. The first kappa shape index (κ1) is 90.8. The molecular weight excluding hydrogens is 1730 g/mol. The zero-order valence-corrected chi connectivity index (χ0v) is 75.4. The molecule has 11 heterocycles. The molecule has 0 saturated carbocycles. The standard InChI is InChI=1S/C23H24ClN3O5.C22H25BrN6O4S.C21H29N7O2S.C20H25N5OS/c1-2-25-23(30)21-20(22(32-26-21)16-11-17(24)19(29)12-18(16)28)15-5-3-14(4-6-15)13-27-7-9-31-10-8-27;1-12(30)21(31)28-5-2-13(3-6-28)4-7-29-20-18(19(24)25-10-26-20)27-22(29)34-17-9-16-15(8-14(17)23)32-11-33-16;1-21(2,3)10-23-6-7-28-19-17(18(22)24-11-25-19)26-20(28)31-16-9-15-14(29-12-30-15)8-13(16)27(4)5;1-12-9-13(2)16-10-15(12)17-11-18(25-20(21)24-17)27-8-5-14(3)22-6-4-7-23-19(16)26/h3-6,11-12,28-29H,2,7-10,13H2,1H3,(H,25,30);8-10,12-13,30H,2-7,11H2,1H3,(H2,24,25,26);8-9,11,23H,6-7,10,12H2,1-5H3,(H2,22,24,25);9-11,22H,3-8H2,1-2H3,(H,23,26)(H2,21,24,25)/t;12-;;/m.0../s1. The minimum absolute atomic E-state index is 0.0422. The van der Waals surface area contributed by atoms with Crippen LogP contribution < -0.4 is 62.3 Å². The molecular formula is C86H103BrClN21O12S3. The van der Waals surface area contributed by atoms with Gasteiger partial charge in [-0.05, 0) is 151 Å². The van der Waals surface area contributed by atoms with E-state index in [2.05, 4.69) is 119 Å². The number of halogens is 2. The summed E-state index contributed by atoms with van der Waals surface area (Å²) in [5.41, 5.74) is 29.9. The van der Waals surface area contributed by atoms with Crippen molar-refractivity contribution in [2.75, 3.05) is 128 Å². The van der Waals surface area contributed by atoms with Gasteiger partial charge in [0.05, 0.1) is 40.7 Å². The number of nitrogens with one attached hydrogen (secondary N) is 4. The van der Waals surface area contributed by atoms with Crippen LogP contribution in [-0.4, -0.2) is 209 Å². The number of nitrogen functional groups attached to an aromatic ring is 3. The van der Waals surface area contributed by atoms with Crippen LogP contribution in [0.4, 0.5) is 23.3 Å². The Hall–Kier alpha value is -10.9. The average Bonchev–Trinajstić information content (AvgIpc) is 1.60. The Morgan fingerprint density at radius 3 is 2.03 bits per heavy atom. The van der Waals surface area contributed by atoms with E-state index >= 15 is 0 Å². The lowest BCUT2D eigenvalue weighted by Gasteiger charge is -2.32. The highest BCUT2D eigenvalue weighted by Gasteiger charge is 2.31. The Morgan fingerprint density at radius 1 is 0.766 bits per heavy atom. The number of aromatic nitrogens is 11. The highest BCUT2D eigenvalue weighted by Crippen LogP contribution is 2.48. The molecule has 0 radical (unpaired) electrons. The molecule has 6 aromatic heterocycles. The zero-order valence-electron chi connectivity index (χ0n) is 70.6. The van der Waals surface area contributed by atoms with Crippen LogP contribution in [0.5, 0.6) is 34.5 Å². The Labute approximate surface area is 744 Å². The number of aliphatic hydroxyl groups is 1. The van der Waals surface area contributed by atoms with Crippen LogP contribution in [0.3, 0.4) is 0 Å². The molecule has 4 bridgehead atoms. The summed E-state index contributed by atoms with van der Waals surface area (Å²) in [7, 11) is 4.01. The number of aliphatic hydroxyl groups excluding tert-OH is 1. The number of nitrogens with two attached hydrogens (primary N) is 3. The number of anilines is 4. The maximum atomic E-state index is 12.6. The number of fused-ring (bicyclic) bond motifs is 9. The molecule has 13 N–H and O–H groups in total. The fraction of sp³-hybridized carbons (Fsp3) is 0.395. The highest BCUT2D eigenvalue weighted by atomic mass is 79.9. The fourth-order valence-electron chi connectivity index (χ4n) is 14.3. The van der Waals surface area contributed by atoms with Gasteiger partial charge < -0.3 is 101 Å². The first-order valence-electron chi connectivity index (χ1n) is 40.7. The molecule has 11 aromatic rings. The van der Waals surface area contributed by atoms with Crippen LogP contribution in [-0.2, 0) is 29.2 Å². The van der Waals surface area contributed by atoms with E-state index in [1.807, 2.05) is 102 Å². The fourth-order valence-corrected chi connectivity index (χ4v) is 18.0. The van der Waals surface area contributed by atoms with Crippen molar-refractivity contribution in [3.05, 3.63) is 141 Å². The Kier molecular flexibility index (Phi) is 30.2. The van der Waals surface area contributed by atoms with Crippen LogP contribution >= 0.6 is 62.8 Å². The second-order valence-corrected chi connectivity index (χ2v) is 35.9. The quantitative estimate of drug-likeness (QED) is 0.0265. The molecule has 2 fully saturated rings. The number of piperidine rings is 1. The van der Waals surface area contributed by atoms with Crippen molar-refractivity contribution in [3.8, 4) is 68.2 Å². The molecule has 3 amide bonds. The first-order valence-corrected chi connectivity index (χ1v) is 44.5. The molecule has 0 aliphatic carbocycles. The minimum Gasteiger partial charge on any atom is -0.507 e. The van der Waals surface area contributed by atoms with Crippen LogP contribution in [0.2, 0.25) is 5.02 Å². The van der Waals surface area contributed by atoms with Crippen LogP contribution in [0.15, 0.2) is 138 Å². The SMILES string of the molecule is C=C1CCSc2cc(nc(N)n2)-c2cc(c(C)cc2C)C(=O)NCCCN1.CCNC(=O)c1noc(-c2cc(Cl)c(O)cc2O)c1-c1ccc(CN2CCOCC2)cc1.CN(C)c1cc2c(cc1Sc1nc3c(N)ncnc3n1CCNCC(C)(C)C)OCO2.C[C@H](O)C(=O)N1CCC(CCn2c(Sc3cc4c(cc3Br)OCO4)nc3c(N)ncnc32)CC1. The number of thioether (sulfide) groups is 1. The van der Waals surface area contributed by atoms with Gasteiger partial charge in [-0.25, -0.2) is 39.9 Å². The lowest BCUT2D eigenvalue weighted by molar-refractivity contribution is -0.140. The molecule has 656 valence electrons. The van der Waals surface area contributed by atoms with E-state index in [4.69, 9.17) is 67.0 Å². The lowest BCUT2D eigenvalue weighted by atomic mass is 9.93. The van der Waals surface area contributed by atoms with Crippen molar-refractivity contribution < 1.29 is 57.9 Å². The molecule has 5 aliphatic rings. The number of phenolic OH excluding ortho intramolecular Hbond substituents is 2. The van der Waals surface area contributed by atoms with Crippen LogP contribution in [0, 0.1) is 25.2 Å². The van der Waals surface area contributed by atoms with Gasteiger partial charge in [0.1, 0.15) is 35.3 Å². The molecule has 124 heavy (non-hydrogen) atoms. The van der Waals surface area contributed by atoms with Crippen molar-refractivity contribution in [2.24, 2.45) is 11.3 Å². The number of allylic oxidation sites excluding steroid dienone is 1. The van der Waals surface area contributed by atoms with Crippen molar-refractivity contribution in [1.82, 2.24) is 85.2 Å². The number of hydrogen-bond acceptors (Lipinski definition) is 31. The maximum Gasteiger partial charge on any atom is 0.274 e. The first-order chi connectivity index (χ1) is 59.5. The summed E-state index contributed by atoms with van der Waals surface area (Å²) < 4.78 is 38.1. The third kappa shape index (κ3) is 22.6. The second kappa shape index (κ2) is 41.3. The van der Waals surface area contributed by atoms with E-state index in [9.17, 15) is 29.7 Å². The number of amides is 3. The third-order valence-corrected chi connectivity index (χ3v) is 25.0. The van der Waals surface area contributed by atoms with Gasteiger partial charge in [-0.15, -0.1) is 11.8 Å². The topological polar surface area (TPSA) is 433 Å². The number of rotatable bonds is 19. The number of morpholine rings is 1. The Morgan fingerprint density at radius 2 is 1.39 bits per heavy atom. The second-order valence-electron chi connectivity index (χ2n) is 31.5. The average molecular weight is 1830 g/mol. The molecule has 0 unspecified atom stereocenters. The molecule has 33 nitrogen and oxygen atoms in total. The minimum atomic E-state index is -0.950. The number of benzene rings is 5. The van der Waals surface area contributed by atoms with Crippen LogP contribution in [0.1, 0.15) is 104 Å². The smallest absolute Gasteiger partial charge is 0.274 e. The van der Waals surface area contributed by atoms with E-state index in [1.165, 1.54) is 37.4 Å². The number of nitrogens with zero attached hydrogens (tertiary/aromatic N) is 14. The van der Waals surface area contributed by atoms with E-state index < -0.39 is 6.10 Å². The number of phenols is 2. The monoisotopic (exact) mass is 1830 g/mol. The molecule has 5 aromatic carbocycles. The summed E-state index contributed by atoms with van der Waals surface area (Å²) in [5.74, 6) is 4.21. The number of hydrogen-bond donors (Lipinski definition) is 10. The largest absolute Gasteiger partial charge is 0.507 e. The number of carbonyl (C=O) groups excluding carboxylic acids is 3. The van der Waals surface area contributed by atoms with E-state index in [-0.39, 0.29) is 76.2 Å². The number of imidazole rings is 2. The van der Waals surface area contributed by atoms with Gasteiger partial charge in [-0.3, -0.25) is 19.3 Å². The van der Waals surface area contributed by atoms with Crippen molar-refractivity contribution in [3.63, 3.8) is 0 Å². The number of aromatic hydroxyl groups is 2. The van der Waals surface area contributed by atoms with E-state index in [0.717, 1.165) is 182 Å². The van der Waals surface area contributed by atoms with Gasteiger partial charge in [0.25, 0.3) is 17.7 Å². The molecule has 5 aliphatic heterocycles. The number of aryl methyl sites for hydroxylation is 3. The van der Waals surface area contributed by atoms with Gasteiger partial charge >= 0.3 is 0 Å². The number of carbonyl (C=O) groups is 3. The third-order valence-electron chi connectivity index (χ3n) is 20.8. The van der Waals surface area contributed by atoms with Crippen molar-refractivity contribution >= 4 is 126 Å². The summed E-state index contributed by atoms with van der Waals surface area (Å²) in [4.78, 5) is 80.8. The van der Waals surface area contributed by atoms with Gasteiger partial charge in [-0.1, -0.05) is 86.2 Å². The van der Waals surface area contributed by atoms with E-state index in [1.54, 1.807) is 28.4 Å². The summed E-state index contributed by atoms with van der Waals surface area (Å²) >= 11 is 14.4. The van der Waals surface area contributed by atoms with Gasteiger partial charge in [0, 0.05) is 148 Å². The van der Waals surface area contributed by atoms with Gasteiger partial charge in [0.15, 0.2) is 78.7 Å². The summed E-state index contributed by atoms with van der Waals surface area (Å²) in [5, 5.41) is 48.7. The van der Waals surface area contributed by atoms with Crippen molar-refractivity contribution in [1.29, 1.82) is 0 Å². The van der Waals surface area contributed by atoms with Crippen LogP contribution in [0.25, 0.3) is 56.0 Å². The number of ether oxygens (including phenoxy) is 5. The predicted molar refractivity (Wildman–Crippen MR) is 483 cm³/mol. The predicted octanol–water partition coefficient (Wildman–Crippen LogP) is 12.8. The normalized spacial score (nSPS) is 15.1. The molecule has 0 spiro atoms. The highest BCUT2D eigenvalue weighted by molar-refractivity contribution is 9.10. The summed E-state index contributed by atoms with van der Waals surface area (Å²) in [6.45, 7) is 28.8. The lowest BCUT2D eigenvalue weighted by Crippen LogP contribution is -2.43. The van der Waals surface area contributed by atoms with Gasteiger partial charge in [0.2, 0.25) is 19.5 Å². The summed E-state index contributed by atoms with van der Waals surface area (Å²) in [6, 6.07) is 24.0. The number of likely N-dealkylation sites (tertiary alicyclic amines) is 1. The molecule has 16 rings (SSSR count). The molecule has 38 heteroatoms. The van der Waals surface area contributed by atoms with E-state index in [0.29, 0.717) is 102 Å². The molecule has 2 saturated heterocycles.